The van der Waals surface area contributed by atoms with Gasteiger partial charge in [-0.1, -0.05) is 24.4 Å². The Hall–Kier alpha value is -1.42. The number of thiocarbonyl (C=S) groups is 1. The predicted molar refractivity (Wildman–Crippen MR) is 77.5 cm³/mol. The number of hydrogen-bond donors (Lipinski definition) is 3. The topological polar surface area (TPSA) is 126 Å². The summed E-state index contributed by atoms with van der Waals surface area (Å²) >= 11 is 4.87. The summed E-state index contributed by atoms with van der Waals surface area (Å²) in [5.74, 6) is 0. The van der Waals surface area contributed by atoms with E-state index in [4.69, 9.17) is 35.5 Å². The molecule has 0 amide bonds. The second-order valence-electron chi connectivity index (χ2n) is 3.44. The molecule has 114 valence electrons. The Kier molecular flexibility index (Phi) is 8.18. The molecule has 2 aromatic rings. The van der Waals surface area contributed by atoms with Crippen LogP contribution in [0.1, 0.15) is 5.69 Å². The summed E-state index contributed by atoms with van der Waals surface area (Å²) in [5, 5.41) is 0. The fraction of sp³-hybridized carbons (Fsp3) is 0. The van der Waals surface area contributed by atoms with E-state index in [9.17, 15) is 0 Å². The first-order valence-corrected chi connectivity index (χ1v) is 6.96. The van der Waals surface area contributed by atoms with Crippen LogP contribution in [0.4, 0.5) is 0 Å². The summed E-state index contributed by atoms with van der Waals surface area (Å²) in [6.45, 7) is 0. The zero-order valence-corrected chi connectivity index (χ0v) is 13.1. The molecular formula is C11H11FeN3O4S2. The van der Waals surface area contributed by atoms with Gasteiger partial charge in [0.25, 0.3) is 0 Å². The summed E-state index contributed by atoms with van der Waals surface area (Å²) in [6.07, 6.45) is 1.73. The molecule has 0 spiro atoms. The maximum absolute atomic E-state index is 8.74. The van der Waals surface area contributed by atoms with Gasteiger partial charge in [0.1, 0.15) is 4.99 Å². The zero-order chi connectivity index (χ0) is 15.2. The van der Waals surface area contributed by atoms with Crippen molar-refractivity contribution in [3.8, 4) is 11.4 Å². The first kappa shape index (κ1) is 19.6. The molecule has 21 heavy (non-hydrogen) atoms. The molecule has 0 aliphatic rings. The Morgan fingerprint density at radius 2 is 1.67 bits per heavy atom. The summed E-state index contributed by atoms with van der Waals surface area (Å²) in [6, 6.07) is 11.2. The van der Waals surface area contributed by atoms with Crippen molar-refractivity contribution in [3.63, 3.8) is 0 Å². The fourth-order valence-corrected chi connectivity index (χ4v) is 1.34. The van der Waals surface area contributed by atoms with E-state index in [1.165, 1.54) is 0 Å². The minimum atomic E-state index is -4.67. The third-order valence-corrected chi connectivity index (χ3v) is 2.14. The summed E-state index contributed by atoms with van der Waals surface area (Å²) < 4.78 is 31.6. The van der Waals surface area contributed by atoms with Crippen LogP contribution in [0.5, 0.6) is 0 Å². The van der Waals surface area contributed by atoms with Crippen molar-refractivity contribution in [2.45, 2.75) is 0 Å². The molecule has 0 saturated heterocycles. The average Bonchev–Trinajstić information content (AvgIpc) is 2.38. The Morgan fingerprint density at radius 3 is 2.14 bits per heavy atom. The van der Waals surface area contributed by atoms with Gasteiger partial charge in [0, 0.05) is 23.3 Å². The quantitative estimate of drug-likeness (QED) is 0.408. The van der Waals surface area contributed by atoms with Crippen molar-refractivity contribution in [1.29, 1.82) is 0 Å². The molecule has 0 saturated carbocycles. The third kappa shape index (κ3) is 8.45. The number of pyridine rings is 2. The molecule has 0 aromatic carbocycles. The Morgan fingerprint density at radius 1 is 1.10 bits per heavy atom. The molecule has 0 radical (unpaired) electrons. The van der Waals surface area contributed by atoms with Crippen LogP contribution in [0, 0.1) is 0 Å². The number of aromatic nitrogens is 2. The van der Waals surface area contributed by atoms with Crippen LogP contribution in [-0.2, 0) is 27.5 Å². The van der Waals surface area contributed by atoms with Gasteiger partial charge in [0.05, 0.1) is 17.1 Å². The van der Waals surface area contributed by atoms with E-state index < -0.39 is 10.4 Å². The maximum Gasteiger partial charge on any atom is 0.394 e. The van der Waals surface area contributed by atoms with Gasteiger partial charge >= 0.3 is 10.4 Å². The first-order valence-electron chi connectivity index (χ1n) is 5.15. The Labute approximate surface area is 137 Å². The molecule has 4 N–H and O–H groups in total. The predicted octanol–water partition coefficient (Wildman–Crippen LogP) is 1.12. The van der Waals surface area contributed by atoms with Gasteiger partial charge in [0.15, 0.2) is 0 Å². The third-order valence-electron chi connectivity index (χ3n) is 1.93. The average molecular weight is 369 g/mol. The summed E-state index contributed by atoms with van der Waals surface area (Å²) in [7, 11) is -4.67. The van der Waals surface area contributed by atoms with Gasteiger partial charge in [-0.2, -0.15) is 8.42 Å². The van der Waals surface area contributed by atoms with Crippen molar-refractivity contribution in [2.24, 2.45) is 5.73 Å². The van der Waals surface area contributed by atoms with Crippen molar-refractivity contribution >= 4 is 27.6 Å². The molecule has 0 fully saturated rings. The van der Waals surface area contributed by atoms with Crippen molar-refractivity contribution in [2.75, 3.05) is 0 Å². The molecule has 2 rings (SSSR count). The minimum absolute atomic E-state index is 0. The van der Waals surface area contributed by atoms with Crippen LogP contribution in [0.25, 0.3) is 11.4 Å². The number of rotatable bonds is 2. The largest absolute Gasteiger partial charge is 0.394 e. The van der Waals surface area contributed by atoms with E-state index in [1.807, 2.05) is 30.3 Å². The smallest absolute Gasteiger partial charge is 0.388 e. The molecule has 0 atom stereocenters. The molecule has 7 nitrogen and oxygen atoms in total. The molecule has 0 unspecified atom stereocenters. The van der Waals surface area contributed by atoms with E-state index in [0.717, 1.165) is 11.4 Å². The van der Waals surface area contributed by atoms with E-state index in [1.54, 1.807) is 12.3 Å². The van der Waals surface area contributed by atoms with Gasteiger partial charge in [-0.3, -0.25) is 14.1 Å². The summed E-state index contributed by atoms with van der Waals surface area (Å²) in [4.78, 5) is 8.82. The van der Waals surface area contributed by atoms with Crippen LogP contribution in [-0.4, -0.2) is 32.5 Å². The van der Waals surface area contributed by atoms with Crippen molar-refractivity contribution in [1.82, 2.24) is 9.97 Å². The van der Waals surface area contributed by atoms with Crippen LogP contribution in [0.15, 0.2) is 42.6 Å². The normalized spacial score (nSPS) is 9.81. The van der Waals surface area contributed by atoms with Crippen molar-refractivity contribution < 1.29 is 34.6 Å². The molecule has 0 aliphatic heterocycles. The van der Waals surface area contributed by atoms with Crippen LogP contribution in [0.2, 0.25) is 0 Å². The molecule has 0 bridgehead atoms. The van der Waals surface area contributed by atoms with Gasteiger partial charge in [0.2, 0.25) is 0 Å². The fourth-order valence-electron chi connectivity index (χ4n) is 1.23. The van der Waals surface area contributed by atoms with Crippen LogP contribution < -0.4 is 5.73 Å². The van der Waals surface area contributed by atoms with E-state index in [2.05, 4.69) is 9.97 Å². The van der Waals surface area contributed by atoms with E-state index >= 15 is 0 Å². The molecule has 0 aliphatic carbocycles. The van der Waals surface area contributed by atoms with Crippen LogP contribution >= 0.6 is 12.2 Å². The Balaban J connectivity index is 0.000000583. The second-order valence-corrected chi connectivity index (χ2v) is 4.77. The maximum atomic E-state index is 8.74. The standard InChI is InChI=1S/C11H9N3S.Fe.H2O4S/c12-11(15)10-6-3-5-9(14-10)8-4-1-2-7-13-8;;1-5(2,3)4/h1-7H,(H2,12,15);;(H2,1,2,3,4). The van der Waals surface area contributed by atoms with Gasteiger partial charge < -0.3 is 5.73 Å². The number of nitrogens with two attached hydrogens (primary N) is 1. The number of hydrogen-bond acceptors (Lipinski definition) is 5. The molecule has 2 heterocycles. The monoisotopic (exact) mass is 369 g/mol. The Bertz CT molecular complexity index is 688. The van der Waals surface area contributed by atoms with Crippen LogP contribution in [0.3, 0.4) is 0 Å². The van der Waals surface area contributed by atoms with Crippen molar-refractivity contribution in [3.05, 3.63) is 48.3 Å². The summed E-state index contributed by atoms with van der Waals surface area (Å²) in [5.41, 5.74) is 7.72. The molecular weight excluding hydrogens is 358 g/mol. The minimum Gasteiger partial charge on any atom is -0.388 e. The van der Waals surface area contributed by atoms with Gasteiger partial charge in [-0.05, 0) is 24.3 Å². The first-order chi connectivity index (χ1) is 9.27. The second kappa shape index (κ2) is 8.78. The van der Waals surface area contributed by atoms with Gasteiger partial charge in [-0.25, -0.2) is 4.98 Å². The molecule has 10 heteroatoms. The van der Waals surface area contributed by atoms with E-state index in [0.29, 0.717) is 10.7 Å². The van der Waals surface area contributed by atoms with Gasteiger partial charge in [-0.15, -0.1) is 0 Å². The van der Waals surface area contributed by atoms with E-state index in [-0.39, 0.29) is 17.1 Å². The zero-order valence-electron chi connectivity index (χ0n) is 10.4. The molecule has 2 aromatic heterocycles. The number of nitrogens with zero attached hydrogens (tertiary/aromatic N) is 2. The SMILES string of the molecule is NC(=S)c1cccc(-c2ccccn2)n1.O=S(=O)(O)O.[Fe].